The van der Waals surface area contributed by atoms with Crippen LogP contribution in [0.5, 0.6) is 11.5 Å². The van der Waals surface area contributed by atoms with E-state index in [-0.39, 0.29) is 11.5 Å². The molecule has 0 aromatic heterocycles. The maximum atomic E-state index is 12.6. The van der Waals surface area contributed by atoms with Crippen LogP contribution in [-0.4, -0.2) is 5.97 Å². The summed E-state index contributed by atoms with van der Waals surface area (Å²) in [6, 6.07) is 19.4. The summed E-state index contributed by atoms with van der Waals surface area (Å²) in [7, 11) is 0. The summed E-state index contributed by atoms with van der Waals surface area (Å²) in [5.74, 6) is -0.301. The number of nitrogens with zero attached hydrogens (tertiary/aromatic N) is 1. The zero-order valence-electron chi connectivity index (χ0n) is 16.4. The maximum absolute atomic E-state index is 12.6. The first-order chi connectivity index (χ1) is 14.9. The minimum atomic E-state index is -0.496. The van der Waals surface area contributed by atoms with Gasteiger partial charge in [-0.15, -0.1) is 0 Å². The van der Waals surface area contributed by atoms with Crippen LogP contribution in [-0.2, 0) is 0 Å². The monoisotopic (exact) mass is 450 g/mol. The average molecular weight is 451 g/mol. The molecule has 0 radical (unpaired) electrons. The summed E-state index contributed by atoms with van der Waals surface area (Å²) in [5, 5.41) is 10.4. The number of aryl methyl sites for hydroxylation is 1. The van der Waals surface area contributed by atoms with Crippen molar-refractivity contribution >= 4 is 29.2 Å². The minimum Gasteiger partial charge on any atom is -0.440 e. The fourth-order valence-corrected chi connectivity index (χ4v) is 3.80. The number of allylic oxidation sites excluding steroid dienone is 1. The number of carbonyl (C=O) groups is 1. The lowest BCUT2D eigenvalue weighted by atomic mass is 9.83. The van der Waals surface area contributed by atoms with E-state index in [1.54, 1.807) is 48.5 Å². The van der Waals surface area contributed by atoms with Crippen LogP contribution in [0.15, 0.2) is 72.1 Å². The van der Waals surface area contributed by atoms with Crippen LogP contribution >= 0.6 is 23.2 Å². The molecule has 0 bridgehead atoms. The Hall–Kier alpha value is -3.46. The number of nitriles is 1. The van der Waals surface area contributed by atoms with Crippen molar-refractivity contribution in [2.75, 3.05) is 0 Å². The average Bonchev–Trinajstić information content (AvgIpc) is 2.75. The number of nitrogens with two attached hydrogens (primary N) is 1. The van der Waals surface area contributed by atoms with Gasteiger partial charge in [0, 0.05) is 11.6 Å². The molecule has 0 saturated carbocycles. The maximum Gasteiger partial charge on any atom is 0.343 e. The predicted octanol–water partition coefficient (Wildman–Crippen LogP) is 5.74. The van der Waals surface area contributed by atoms with Gasteiger partial charge in [-0.05, 0) is 42.3 Å². The molecular formula is C24H16Cl2N2O3. The van der Waals surface area contributed by atoms with Gasteiger partial charge in [0.2, 0.25) is 5.88 Å². The smallest absolute Gasteiger partial charge is 0.343 e. The molecule has 1 atom stereocenters. The molecule has 3 aromatic carbocycles. The predicted molar refractivity (Wildman–Crippen MR) is 118 cm³/mol. The summed E-state index contributed by atoms with van der Waals surface area (Å²) in [4.78, 5) is 12.6. The highest BCUT2D eigenvalue weighted by Crippen LogP contribution is 2.44. The van der Waals surface area contributed by atoms with Gasteiger partial charge in [0.05, 0.1) is 21.5 Å². The number of benzene rings is 3. The Balaban J connectivity index is 1.72. The van der Waals surface area contributed by atoms with Crippen LogP contribution in [0.2, 0.25) is 10.0 Å². The Morgan fingerprint density at radius 2 is 1.87 bits per heavy atom. The van der Waals surface area contributed by atoms with Gasteiger partial charge in [-0.3, -0.25) is 0 Å². The standard InChI is InChI=1S/C24H16Cl2N2O3/c1-13-4-2-3-5-16(13)24(29)30-15-7-8-17-21(11-15)31-23(28)18(12-27)22(17)14-6-9-19(25)20(26)10-14/h2-11,22H,28H2,1H3. The number of esters is 1. The molecule has 31 heavy (non-hydrogen) atoms. The van der Waals surface area contributed by atoms with Crippen molar-refractivity contribution in [2.24, 2.45) is 5.73 Å². The van der Waals surface area contributed by atoms with E-state index < -0.39 is 11.9 Å². The zero-order valence-corrected chi connectivity index (χ0v) is 17.9. The fraction of sp³-hybridized carbons (Fsp3) is 0.0833. The Kier molecular flexibility index (Phi) is 5.60. The fourth-order valence-electron chi connectivity index (χ4n) is 3.50. The number of halogens is 2. The van der Waals surface area contributed by atoms with Gasteiger partial charge in [-0.1, -0.05) is 53.5 Å². The third-order valence-corrected chi connectivity index (χ3v) is 5.78. The summed E-state index contributed by atoms with van der Waals surface area (Å²) in [6.45, 7) is 1.84. The van der Waals surface area contributed by atoms with Gasteiger partial charge in [0.1, 0.15) is 23.1 Å². The first kappa shape index (κ1) is 20.8. The van der Waals surface area contributed by atoms with E-state index in [2.05, 4.69) is 6.07 Å². The van der Waals surface area contributed by atoms with E-state index >= 15 is 0 Å². The molecule has 0 amide bonds. The first-order valence-corrected chi connectivity index (χ1v) is 10.1. The molecule has 1 heterocycles. The van der Waals surface area contributed by atoms with Crippen LogP contribution in [0.1, 0.15) is 33.0 Å². The topological polar surface area (TPSA) is 85.3 Å². The van der Waals surface area contributed by atoms with Crippen LogP contribution in [0.4, 0.5) is 0 Å². The Bertz CT molecular complexity index is 1280. The van der Waals surface area contributed by atoms with Gasteiger partial charge in [0.15, 0.2) is 0 Å². The molecular weight excluding hydrogens is 435 g/mol. The van der Waals surface area contributed by atoms with Crippen LogP contribution < -0.4 is 15.2 Å². The molecule has 1 unspecified atom stereocenters. The van der Waals surface area contributed by atoms with Crippen molar-refractivity contribution in [3.63, 3.8) is 0 Å². The zero-order chi connectivity index (χ0) is 22.1. The third kappa shape index (κ3) is 3.96. The van der Waals surface area contributed by atoms with Crippen molar-refractivity contribution in [2.45, 2.75) is 12.8 Å². The lowest BCUT2D eigenvalue weighted by molar-refractivity contribution is 0.0733. The third-order valence-electron chi connectivity index (χ3n) is 5.04. The molecule has 1 aliphatic rings. The van der Waals surface area contributed by atoms with Crippen molar-refractivity contribution < 1.29 is 14.3 Å². The van der Waals surface area contributed by atoms with E-state index in [1.807, 2.05) is 19.1 Å². The summed E-state index contributed by atoms with van der Waals surface area (Å²) < 4.78 is 11.2. The van der Waals surface area contributed by atoms with Gasteiger partial charge < -0.3 is 15.2 Å². The highest BCUT2D eigenvalue weighted by molar-refractivity contribution is 6.42. The second-order valence-corrected chi connectivity index (χ2v) is 7.82. The van der Waals surface area contributed by atoms with Crippen LogP contribution in [0.3, 0.4) is 0 Å². The van der Waals surface area contributed by atoms with Gasteiger partial charge in [0.25, 0.3) is 0 Å². The molecule has 0 aliphatic carbocycles. The Morgan fingerprint density at radius 3 is 2.58 bits per heavy atom. The van der Waals surface area contributed by atoms with E-state index in [0.29, 0.717) is 32.7 Å². The molecule has 7 heteroatoms. The Labute approximate surface area is 189 Å². The van der Waals surface area contributed by atoms with Gasteiger partial charge >= 0.3 is 5.97 Å². The lowest BCUT2D eigenvalue weighted by Gasteiger charge is -2.27. The summed E-state index contributed by atoms with van der Waals surface area (Å²) in [6.07, 6.45) is 0. The second kappa shape index (κ2) is 8.35. The molecule has 4 rings (SSSR count). The molecule has 0 saturated heterocycles. The molecule has 0 spiro atoms. The molecule has 0 fully saturated rings. The number of hydrogen-bond donors (Lipinski definition) is 1. The number of rotatable bonds is 3. The Morgan fingerprint density at radius 1 is 1.10 bits per heavy atom. The molecule has 2 N–H and O–H groups in total. The highest BCUT2D eigenvalue weighted by atomic mass is 35.5. The second-order valence-electron chi connectivity index (χ2n) is 7.00. The van der Waals surface area contributed by atoms with Crippen LogP contribution in [0.25, 0.3) is 0 Å². The lowest BCUT2D eigenvalue weighted by Crippen LogP contribution is -2.21. The number of carbonyl (C=O) groups excluding carboxylic acids is 1. The molecule has 154 valence electrons. The molecule has 1 aliphatic heterocycles. The van der Waals surface area contributed by atoms with Gasteiger partial charge in [-0.25, -0.2) is 4.79 Å². The number of ether oxygens (including phenoxy) is 2. The van der Waals surface area contributed by atoms with E-state index in [0.717, 1.165) is 11.1 Å². The van der Waals surface area contributed by atoms with E-state index in [1.165, 1.54) is 0 Å². The van der Waals surface area contributed by atoms with Crippen molar-refractivity contribution in [3.05, 3.63) is 104 Å². The van der Waals surface area contributed by atoms with Crippen LogP contribution in [0, 0.1) is 18.3 Å². The minimum absolute atomic E-state index is 0.0200. The highest BCUT2D eigenvalue weighted by Gasteiger charge is 2.31. The van der Waals surface area contributed by atoms with Crippen molar-refractivity contribution in [1.82, 2.24) is 0 Å². The SMILES string of the molecule is Cc1ccccc1C(=O)Oc1ccc2c(c1)OC(N)=C(C#N)C2c1ccc(Cl)c(Cl)c1. The largest absolute Gasteiger partial charge is 0.440 e. The number of hydrogen-bond acceptors (Lipinski definition) is 5. The quantitative estimate of drug-likeness (QED) is 0.406. The van der Waals surface area contributed by atoms with E-state index in [4.69, 9.17) is 38.4 Å². The van der Waals surface area contributed by atoms with Crippen molar-refractivity contribution in [3.8, 4) is 17.6 Å². The normalized spacial score (nSPS) is 15.0. The van der Waals surface area contributed by atoms with Crippen molar-refractivity contribution in [1.29, 1.82) is 5.26 Å². The van der Waals surface area contributed by atoms with E-state index in [9.17, 15) is 10.1 Å². The first-order valence-electron chi connectivity index (χ1n) is 9.33. The number of fused-ring (bicyclic) bond motifs is 1. The molecule has 5 nitrogen and oxygen atoms in total. The molecule has 3 aromatic rings. The van der Waals surface area contributed by atoms with Gasteiger partial charge in [-0.2, -0.15) is 5.26 Å². The summed E-state index contributed by atoms with van der Waals surface area (Å²) >= 11 is 12.2. The summed E-state index contributed by atoms with van der Waals surface area (Å²) in [5.41, 5.74) is 9.01.